The van der Waals surface area contributed by atoms with Crippen molar-refractivity contribution in [1.29, 1.82) is 0 Å². The van der Waals surface area contributed by atoms with Crippen LogP contribution in [0.15, 0.2) is 30.3 Å². The van der Waals surface area contributed by atoms with Gasteiger partial charge in [-0.15, -0.1) is 0 Å². The second-order valence-corrected chi connectivity index (χ2v) is 6.15. The number of nitrogens with zero attached hydrogens (tertiary/aromatic N) is 1. The Kier molecular flexibility index (Phi) is 4.66. The highest BCUT2D eigenvalue weighted by Gasteiger charge is 2.42. The molecule has 1 saturated heterocycles. The van der Waals surface area contributed by atoms with Crippen molar-refractivity contribution in [2.24, 2.45) is 0 Å². The topological polar surface area (TPSA) is 61.8 Å². The molecule has 1 aliphatic heterocycles. The molecule has 1 aromatic carbocycles. The molecule has 1 fully saturated rings. The van der Waals surface area contributed by atoms with E-state index in [1.807, 2.05) is 44.2 Å². The molecule has 21 heavy (non-hydrogen) atoms. The molecule has 1 unspecified atom stereocenters. The van der Waals surface area contributed by atoms with Crippen molar-refractivity contribution in [3.63, 3.8) is 0 Å². The maximum absolute atomic E-state index is 12.0. The maximum atomic E-state index is 12.0. The minimum absolute atomic E-state index is 0.243. The van der Waals surface area contributed by atoms with E-state index in [0.29, 0.717) is 13.2 Å². The van der Waals surface area contributed by atoms with Crippen molar-refractivity contribution in [3.05, 3.63) is 35.9 Å². The molecule has 0 amide bonds. The van der Waals surface area contributed by atoms with Gasteiger partial charge in [-0.1, -0.05) is 30.3 Å². The number of rotatable bonds is 5. The molecule has 0 spiro atoms. The minimum atomic E-state index is -1.10. The molecule has 0 bridgehead atoms. The fourth-order valence-corrected chi connectivity index (χ4v) is 2.92. The smallest absolute Gasteiger partial charge is 0.329 e. The molecule has 1 atom stereocenters. The van der Waals surface area contributed by atoms with Gasteiger partial charge in [0.2, 0.25) is 0 Å². The van der Waals surface area contributed by atoms with Crippen molar-refractivity contribution in [2.45, 2.75) is 25.0 Å². The summed E-state index contributed by atoms with van der Waals surface area (Å²) in [4.78, 5) is 14.1. The number of hydrogen-bond acceptors (Lipinski definition) is 4. The van der Waals surface area contributed by atoms with Crippen molar-refractivity contribution < 1.29 is 14.6 Å². The Morgan fingerprint density at radius 1 is 1.43 bits per heavy atom. The van der Waals surface area contributed by atoms with Crippen molar-refractivity contribution in [1.82, 2.24) is 10.2 Å². The molecule has 0 aromatic heterocycles. The van der Waals surface area contributed by atoms with Gasteiger partial charge in [-0.3, -0.25) is 4.90 Å². The first kappa shape index (κ1) is 15.9. The summed E-state index contributed by atoms with van der Waals surface area (Å²) in [6.07, 6.45) is 0. The van der Waals surface area contributed by atoms with Crippen LogP contribution < -0.4 is 5.32 Å². The number of carboxylic acid groups (broad SMARTS) is 1. The molecular formula is C16H24N2O3. The van der Waals surface area contributed by atoms with Crippen LogP contribution in [0.3, 0.4) is 0 Å². The van der Waals surface area contributed by atoms with E-state index in [9.17, 15) is 9.90 Å². The second kappa shape index (κ2) is 6.13. The number of aliphatic carboxylic acids is 1. The lowest BCUT2D eigenvalue weighted by atomic mass is 9.88. The second-order valence-electron chi connectivity index (χ2n) is 6.15. The fraction of sp³-hybridized carbons (Fsp3) is 0.562. The average molecular weight is 292 g/mol. The van der Waals surface area contributed by atoms with Crippen LogP contribution in [-0.2, 0) is 15.1 Å². The quantitative estimate of drug-likeness (QED) is 0.856. The predicted octanol–water partition coefficient (Wildman–Crippen LogP) is 1.30. The van der Waals surface area contributed by atoms with Gasteiger partial charge < -0.3 is 15.2 Å². The number of hydrogen-bond donors (Lipinski definition) is 2. The zero-order chi connectivity index (χ0) is 15.5. The first-order valence-corrected chi connectivity index (χ1v) is 7.24. The van der Waals surface area contributed by atoms with E-state index < -0.39 is 11.5 Å². The largest absolute Gasteiger partial charge is 0.480 e. The van der Waals surface area contributed by atoms with Crippen molar-refractivity contribution >= 4 is 5.97 Å². The highest BCUT2D eigenvalue weighted by Crippen LogP contribution is 2.25. The van der Waals surface area contributed by atoms with Crippen LogP contribution in [0.25, 0.3) is 0 Å². The number of nitrogens with one attached hydrogen (secondary N) is 1. The highest BCUT2D eigenvalue weighted by atomic mass is 16.5. The summed E-state index contributed by atoms with van der Waals surface area (Å²) >= 11 is 0. The van der Waals surface area contributed by atoms with Crippen LogP contribution in [0.1, 0.15) is 19.4 Å². The Balaban J connectivity index is 2.27. The van der Waals surface area contributed by atoms with E-state index in [-0.39, 0.29) is 5.60 Å². The van der Waals surface area contributed by atoms with Crippen LogP contribution in [-0.4, -0.2) is 54.9 Å². The Hall–Kier alpha value is -1.43. The first-order chi connectivity index (χ1) is 9.89. The predicted molar refractivity (Wildman–Crippen MR) is 81.3 cm³/mol. The molecule has 5 nitrogen and oxygen atoms in total. The highest BCUT2D eigenvalue weighted by molar-refractivity contribution is 5.81. The van der Waals surface area contributed by atoms with Crippen LogP contribution in [0.2, 0.25) is 0 Å². The van der Waals surface area contributed by atoms with Gasteiger partial charge in [0.1, 0.15) is 0 Å². The molecule has 2 N–H and O–H groups in total. The van der Waals surface area contributed by atoms with Gasteiger partial charge in [0.25, 0.3) is 0 Å². The van der Waals surface area contributed by atoms with Crippen LogP contribution >= 0.6 is 0 Å². The summed E-state index contributed by atoms with van der Waals surface area (Å²) in [6, 6.07) is 9.34. The molecule has 0 aliphatic carbocycles. The third-order valence-electron chi connectivity index (χ3n) is 4.02. The Labute approximate surface area is 125 Å². The van der Waals surface area contributed by atoms with E-state index >= 15 is 0 Å². The molecule has 2 rings (SSSR count). The minimum Gasteiger partial charge on any atom is -0.480 e. The summed E-state index contributed by atoms with van der Waals surface area (Å²) in [7, 11) is 1.70. The zero-order valence-corrected chi connectivity index (χ0v) is 12.9. The first-order valence-electron chi connectivity index (χ1n) is 7.24. The zero-order valence-electron chi connectivity index (χ0n) is 12.9. The van der Waals surface area contributed by atoms with Gasteiger partial charge in [-0.2, -0.15) is 0 Å². The number of likely N-dealkylation sites (N-methyl/N-ethyl adjacent to an activating group) is 1. The number of carboxylic acids is 1. The summed E-state index contributed by atoms with van der Waals surface area (Å²) in [6.45, 7) is 6.56. The van der Waals surface area contributed by atoms with Gasteiger partial charge in [0.15, 0.2) is 5.54 Å². The van der Waals surface area contributed by atoms with Crippen molar-refractivity contribution in [3.8, 4) is 0 Å². The summed E-state index contributed by atoms with van der Waals surface area (Å²) in [5, 5.41) is 12.8. The Bertz CT molecular complexity index is 490. The fourth-order valence-electron chi connectivity index (χ4n) is 2.92. The molecule has 0 radical (unpaired) electrons. The number of benzene rings is 1. The number of carbonyl (C=O) groups is 1. The van der Waals surface area contributed by atoms with E-state index in [1.54, 1.807) is 7.05 Å². The summed E-state index contributed by atoms with van der Waals surface area (Å²) in [5.41, 5.74) is -0.578. The number of morpholine rings is 1. The molecule has 1 aliphatic rings. The Morgan fingerprint density at radius 2 is 2.10 bits per heavy atom. The molecule has 1 heterocycles. The van der Waals surface area contributed by atoms with E-state index in [1.165, 1.54) is 0 Å². The van der Waals surface area contributed by atoms with Crippen LogP contribution in [0.4, 0.5) is 0 Å². The monoisotopic (exact) mass is 292 g/mol. The third kappa shape index (κ3) is 3.43. The van der Waals surface area contributed by atoms with E-state index in [0.717, 1.165) is 18.7 Å². The summed E-state index contributed by atoms with van der Waals surface area (Å²) < 4.78 is 5.70. The van der Waals surface area contributed by atoms with E-state index in [2.05, 4.69) is 10.2 Å². The lowest BCUT2D eigenvalue weighted by Gasteiger charge is -2.42. The molecule has 1 aromatic rings. The SMILES string of the molecule is CNC(CN1CCOC(C)(C)C1)(C(=O)O)c1ccccc1. The maximum Gasteiger partial charge on any atom is 0.329 e. The standard InChI is InChI=1S/C16H24N2O3/c1-15(2)11-18(9-10-21-15)12-16(17-3,14(19)20)13-7-5-4-6-8-13/h4-8,17H,9-12H2,1-3H3,(H,19,20). The van der Waals surface area contributed by atoms with Crippen LogP contribution in [0, 0.1) is 0 Å². The van der Waals surface area contributed by atoms with Gasteiger partial charge in [-0.05, 0) is 26.5 Å². The molecule has 5 heteroatoms. The van der Waals surface area contributed by atoms with Gasteiger partial charge >= 0.3 is 5.97 Å². The van der Waals surface area contributed by atoms with Crippen molar-refractivity contribution in [2.75, 3.05) is 33.3 Å². The third-order valence-corrected chi connectivity index (χ3v) is 4.02. The van der Waals surface area contributed by atoms with E-state index in [4.69, 9.17) is 4.74 Å². The number of ether oxygens (including phenoxy) is 1. The van der Waals surface area contributed by atoms with Gasteiger partial charge in [0.05, 0.1) is 12.2 Å². The molecule has 0 saturated carbocycles. The Morgan fingerprint density at radius 3 is 2.62 bits per heavy atom. The lowest BCUT2D eigenvalue weighted by Crippen LogP contribution is -2.59. The molecule has 116 valence electrons. The lowest BCUT2D eigenvalue weighted by molar-refractivity contribution is -0.148. The average Bonchev–Trinajstić information content (AvgIpc) is 2.44. The normalized spacial score (nSPS) is 21.7. The molecular weight excluding hydrogens is 268 g/mol. The van der Waals surface area contributed by atoms with Gasteiger partial charge in [0, 0.05) is 19.6 Å². The van der Waals surface area contributed by atoms with Gasteiger partial charge in [-0.25, -0.2) is 4.79 Å². The summed E-state index contributed by atoms with van der Waals surface area (Å²) in [5.74, 6) is -0.861. The van der Waals surface area contributed by atoms with Crippen LogP contribution in [0.5, 0.6) is 0 Å².